The summed E-state index contributed by atoms with van der Waals surface area (Å²) in [5, 5.41) is 13.3. The van der Waals surface area contributed by atoms with Crippen molar-refractivity contribution < 1.29 is 23.8 Å². The van der Waals surface area contributed by atoms with Crippen LogP contribution in [0.25, 0.3) is 0 Å². The molecule has 2 rings (SSSR count). The van der Waals surface area contributed by atoms with Crippen molar-refractivity contribution in [1.82, 2.24) is 14.8 Å². The molecule has 3 N–H and O–H groups in total. The second-order valence-corrected chi connectivity index (χ2v) is 6.56. The van der Waals surface area contributed by atoms with Gasteiger partial charge in [-0.3, -0.25) is 10.6 Å². The summed E-state index contributed by atoms with van der Waals surface area (Å²) >= 11 is 0. The lowest BCUT2D eigenvalue weighted by Gasteiger charge is -2.19. The molecule has 0 saturated heterocycles. The quantitative estimate of drug-likeness (QED) is 0.620. The predicted octanol–water partition coefficient (Wildman–Crippen LogP) is 3.52. The van der Waals surface area contributed by atoms with Crippen LogP contribution in [0.1, 0.15) is 6.42 Å². The molecule has 0 saturated carbocycles. The Kier molecular flexibility index (Phi) is 7.72. The van der Waals surface area contributed by atoms with Gasteiger partial charge < -0.3 is 19.6 Å². The number of carbonyl (C=O) groups is 2. The fourth-order valence-electron chi connectivity index (χ4n) is 2.39. The smallest absolute Gasteiger partial charge is 0.409 e. The highest BCUT2D eigenvalue weighted by atomic mass is 19.1. The maximum absolute atomic E-state index is 13.9. The van der Waals surface area contributed by atoms with Crippen LogP contribution in [0.5, 0.6) is 11.5 Å². The maximum atomic E-state index is 13.9. The molecule has 2 aromatic rings. The Morgan fingerprint density at radius 2 is 1.83 bits per heavy atom. The second-order valence-electron chi connectivity index (χ2n) is 6.56. The van der Waals surface area contributed by atoms with Crippen LogP contribution in [0, 0.1) is 5.82 Å². The fraction of sp³-hybridized carbons (Fsp3) is 0.316. The van der Waals surface area contributed by atoms with E-state index in [0.717, 1.165) is 19.0 Å². The Bertz CT molecular complexity index is 862. The highest BCUT2D eigenvalue weighted by molar-refractivity contribution is 5.88. The third-order valence-corrected chi connectivity index (χ3v) is 3.83. The van der Waals surface area contributed by atoms with E-state index in [9.17, 15) is 14.0 Å². The van der Waals surface area contributed by atoms with Gasteiger partial charge in [-0.15, -0.1) is 0 Å². The van der Waals surface area contributed by atoms with Crippen molar-refractivity contribution in [3.63, 3.8) is 0 Å². The number of ether oxygens (including phenoxy) is 1. The van der Waals surface area contributed by atoms with Crippen LogP contribution in [-0.4, -0.2) is 66.2 Å². The first kappa shape index (κ1) is 21.9. The minimum atomic E-state index is -1.36. The highest BCUT2D eigenvalue weighted by Gasteiger charge is 2.11. The van der Waals surface area contributed by atoms with Gasteiger partial charge in [-0.1, -0.05) is 0 Å². The number of nitrogens with one attached hydrogen (secondary N) is 2. The van der Waals surface area contributed by atoms with Crippen molar-refractivity contribution in [3.05, 3.63) is 42.3 Å². The molecule has 0 radical (unpaired) electrons. The standard InChI is InChI=1S/C19H24FN5O4/c1-24(2)9-4-10-25(3)18(26)23-17-12-14(7-8-21-17)29-13-5-6-16(15(20)11-13)22-19(27)28/h5-8,11-12,22H,4,9-10H2,1-3H3,(H,27,28)(H,21,23,26). The number of nitrogens with zero attached hydrogens (tertiary/aromatic N) is 3. The van der Waals surface area contributed by atoms with Crippen molar-refractivity contribution >= 4 is 23.6 Å². The molecule has 1 aromatic carbocycles. The summed E-state index contributed by atoms with van der Waals surface area (Å²) in [6, 6.07) is 6.49. The summed E-state index contributed by atoms with van der Waals surface area (Å²) < 4.78 is 19.5. The molecule has 1 aromatic heterocycles. The predicted molar refractivity (Wildman–Crippen MR) is 107 cm³/mol. The lowest BCUT2D eigenvalue weighted by atomic mass is 10.3. The minimum Gasteiger partial charge on any atom is -0.465 e. The van der Waals surface area contributed by atoms with Gasteiger partial charge in [0, 0.05) is 31.9 Å². The van der Waals surface area contributed by atoms with Crippen LogP contribution in [0.15, 0.2) is 36.5 Å². The zero-order valence-corrected chi connectivity index (χ0v) is 16.5. The lowest BCUT2D eigenvalue weighted by molar-refractivity contribution is 0.209. The van der Waals surface area contributed by atoms with Gasteiger partial charge in [0.15, 0.2) is 5.82 Å². The average Bonchev–Trinajstić information content (AvgIpc) is 2.63. The van der Waals surface area contributed by atoms with Gasteiger partial charge >= 0.3 is 12.1 Å². The van der Waals surface area contributed by atoms with Crippen LogP contribution < -0.4 is 15.4 Å². The highest BCUT2D eigenvalue weighted by Crippen LogP contribution is 2.26. The minimum absolute atomic E-state index is 0.169. The van der Waals surface area contributed by atoms with Gasteiger partial charge in [0.1, 0.15) is 17.3 Å². The third kappa shape index (κ3) is 7.26. The second kappa shape index (κ2) is 10.2. The first-order chi connectivity index (χ1) is 13.7. The molecule has 0 spiro atoms. The van der Waals surface area contributed by atoms with Crippen molar-refractivity contribution in [2.75, 3.05) is 44.9 Å². The molecule has 0 aliphatic rings. The van der Waals surface area contributed by atoms with Gasteiger partial charge in [0.2, 0.25) is 0 Å². The van der Waals surface area contributed by atoms with Crippen molar-refractivity contribution in [1.29, 1.82) is 0 Å². The molecule has 0 bridgehead atoms. The van der Waals surface area contributed by atoms with E-state index in [0.29, 0.717) is 12.3 Å². The van der Waals surface area contributed by atoms with Gasteiger partial charge in [0.25, 0.3) is 0 Å². The van der Waals surface area contributed by atoms with E-state index in [2.05, 4.69) is 10.3 Å². The van der Waals surface area contributed by atoms with Crippen molar-refractivity contribution in [2.45, 2.75) is 6.42 Å². The first-order valence-electron chi connectivity index (χ1n) is 8.85. The molecular weight excluding hydrogens is 381 g/mol. The molecule has 29 heavy (non-hydrogen) atoms. The number of hydrogen-bond acceptors (Lipinski definition) is 5. The van der Waals surface area contributed by atoms with Gasteiger partial charge in [-0.25, -0.2) is 19.0 Å². The van der Waals surface area contributed by atoms with E-state index in [-0.39, 0.29) is 23.3 Å². The molecule has 10 heteroatoms. The summed E-state index contributed by atoms with van der Waals surface area (Å²) in [5.41, 5.74) is -0.176. The molecule has 0 unspecified atom stereocenters. The zero-order chi connectivity index (χ0) is 21.4. The van der Waals surface area contributed by atoms with E-state index in [1.54, 1.807) is 18.0 Å². The van der Waals surface area contributed by atoms with Crippen LogP contribution in [0.2, 0.25) is 0 Å². The number of amides is 3. The summed E-state index contributed by atoms with van der Waals surface area (Å²) in [7, 11) is 5.63. The fourth-order valence-corrected chi connectivity index (χ4v) is 2.39. The molecular formula is C19H24FN5O4. The third-order valence-electron chi connectivity index (χ3n) is 3.83. The Hall–Kier alpha value is -3.40. The largest absolute Gasteiger partial charge is 0.465 e. The molecule has 1 heterocycles. The summed E-state index contributed by atoms with van der Waals surface area (Å²) in [6.07, 6.45) is 0.929. The average molecular weight is 405 g/mol. The Morgan fingerprint density at radius 3 is 2.48 bits per heavy atom. The van der Waals surface area contributed by atoms with E-state index >= 15 is 0 Å². The number of anilines is 2. The molecule has 0 fully saturated rings. The number of carboxylic acid groups (broad SMARTS) is 1. The van der Waals surface area contributed by atoms with Gasteiger partial charge in [-0.05, 0) is 45.3 Å². The maximum Gasteiger partial charge on any atom is 0.409 e. The SMILES string of the molecule is CN(C)CCCN(C)C(=O)Nc1cc(Oc2ccc(NC(=O)O)c(F)c2)ccn1. The number of hydrogen-bond donors (Lipinski definition) is 3. The normalized spacial score (nSPS) is 10.5. The molecule has 9 nitrogen and oxygen atoms in total. The summed E-state index contributed by atoms with van der Waals surface area (Å²) in [4.78, 5) is 30.5. The monoisotopic (exact) mass is 405 g/mol. The van der Waals surface area contributed by atoms with Gasteiger partial charge in [0.05, 0.1) is 5.69 Å². The molecule has 156 valence electrons. The Labute approximate surface area is 168 Å². The summed E-state index contributed by atoms with van der Waals surface area (Å²) in [5.74, 6) is 0.0232. The molecule has 3 amide bonds. The molecule has 0 atom stereocenters. The number of aromatic nitrogens is 1. The van der Waals surface area contributed by atoms with E-state index in [1.165, 1.54) is 24.4 Å². The van der Waals surface area contributed by atoms with Crippen LogP contribution >= 0.6 is 0 Å². The van der Waals surface area contributed by atoms with Crippen molar-refractivity contribution in [3.8, 4) is 11.5 Å². The molecule has 0 aliphatic carbocycles. The lowest BCUT2D eigenvalue weighted by Crippen LogP contribution is -2.33. The topological polar surface area (TPSA) is 107 Å². The first-order valence-corrected chi connectivity index (χ1v) is 8.85. The number of pyridine rings is 1. The molecule has 0 aliphatic heterocycles. The Balaban J connectivity index is 1.98. The number of carbonyl (C=O) groups excluding carboxylic acids is 1. The van der Waals surface area contributed by atoms with E-state index in [4.69, 9.17) is 9.84 Å². The van der Waals surface area contributed by atoms with E-state index in [1.807, 2.05) is 24.3 Å². The number of urea groups is 1. The summed E-state index contributed by atoms with van der Waals surface area (Å²) in [6.45, 7) is 1.47. The van der Waals surface area contributed by atoms with Gasteiger partial charge in [-0.2, -0.15) is 0 Å². The van der Waals surface area contributed by atoms with Crippen LogP contribution in [0.4, 0.5) is 25.5 Å². The van der Waals surface area contributed by atoms with Crippen molar-refractivity contribution in [2.24, 2.45) is 0 Å². The van der Waals surface area contributed by atoms with E-state index < -0.39 is 11.9 Å². The van der Waals surface area contributed by atoms with Crippen LogP contribution in [-0.2, 0) is 0 Å². The number of halogens is 1. The van der Waals surface area contributed by atoms with Crippen LogP contribution in [0.3, 0.4) is 0 Å². The Morgan fingerprint density at radius 1 is 1.10 bits per heavy atom. The number of rotatable bonds is 8. The number of benzene rings is 1. The zero-order valence-electron chi connectivity index (χ0n) is 16.5.